The Balaban J connectivity index is 1.44. The Labute approximate surface area is 214 Å². The summed E-state index contributed by atoms with van der Waals surface area (Å²) >= 11 is 0. The number of carbonyl (C=O) groups excluding carboxylic acids is 2. The van der Waals surface area contributed by atoms with Crippen molar-refractivity contribution >= 4 is 11.7 Å². The first-order valence-corrected chi connectivity index (χ1v) is 13.4. The van der Waals surface area contributed by atoms with E-state index < -0.39 is 6.04 Å². The molecule has 1 aromatic carbocycles. The highest BCUT2D eigenvalue weighted by molar-refractivity contribution is 6.11. The Morgan fingerprint density at radius 3 is 2.67 bits per heavy atom. The van der Waals surface area contributed by atoms with E-state index in [2.05, 4.69) is 25.3 Å². The van der Waals surface area contributed by atoms with E-state index in [4.69, 9.17) is 14.2 Å². The minimum Gasteiger partial charge on any atom is -0.490 e. The summed E-state index contributed by atoms with van der Waals surface area (Å²) < 4.78 is 17.6. The fraction of sp³-hybridized carbons (Fsp3) is 0.586. The van der Waals surface area contributed by atoms with Gasteiger partial charge in [0.1, 0.15) is 18.5 Å². The number of amides is 1. The van der Waals surface area contributed by atoms with Gasteiger partial charge in [-0.15, -0.1) is 0 Å². The number of fused-ring (bicyclic) bond motifs is 1. The minimum atomic E-state index is -0.451. The third kappa shape index (κ3) is 4.83. The molecule has 0 bridgehead atoms. The van der Waals surface area contributed by atoms with Crippen molar-refractivity contribution in [3.63, 3.8) is 0 Å². The first-order chi connectivity index (χ1) is 17.5. The smallest absolute Gasteiger partial charge is 0.290 e. The molecule has 1 aromatic rings. The second kappa shape index (κ2) is 10.8. The molecule has 1 saturated heterocycles. The predicted molar refractivity (Wildman–Crippen MR) is 136 cm³/mol. The Morgan fingerprint density at radius 2 is 1.89 bits per heavy atom. The van der Waals surface area contributed by atoms with Crippen molar-refractivity contribution in [2.45, 2.75) is 45.3 Å². The molecule has 3 aliphatic heterocycles. The van der Waals surface area contributed by atoms with Crippen molar-refractivity contribution in [1.29, 1.82) is 0 Å². The van der Waals surface area contributed by atoms with Gasteiger partial charge in [0, 0.05) is 26.2 Å². The van der Waals surface area contributed by atoms with Crippen LogP contribution in [-0.2, 0) is 19.1 Å². The largest absolute Gasteiger partial charge is 0.490 e. The van der Waals surface area contributed by atoms with Gasteiger partial charge in [-0.25, -0.2) is 0 Å². The highest BCUT2D eigenvalue weighted by atomic mass is 16.5. The van der Waals surface area contributed by atoms with E-state index in [1.807, 2.05) is 29.2 Å². The summed E-state index contributed by atoms with van der Waals surface area (Å²) in [6.45, 7) is 13.3. The van der Waals surface area contributed by atoms with Crippen LogP contribution in [0.15, 0.2) is 48.3 Å². The lowest BCUT2D eigenvalue weighted by molar-refractivity contribution is -0.137. The van der Waals surface area contributed by atoms with E-state index >= 15 is 0 Å². The maximum atomic E-state index is 14.0. The Kier molecular flexibility index (Phi) is 7.49. The fourth-order valence-electron chi connectivity index (χ4n) is 6.10. The summed E-state index contributed by atoms with van der Waals surface area (Å²) in [5.41, 5.74) is 1.42. The number of Topliss-reactive ketones (excluding diaryl/α,β-unsaturated/α-hetero) is 1. The lowest BCUT2D eigenvalue weighted by Crippen LogP contribution is -2.43. The molecule has 5 unspecified atom stereocenters. The number of ether oxygens (including phenoxy) is 3. The van der Waals surface area contributed by atoms with E-state index in [0.717, 1.165) is 57.7 Å². The summed E-state index contributed by atoms with van der Waals surface area (Å²) in [7, 11) is 0. The van der Waals surface area contributed by atoms with Gasteiger partial charge in [0.2, 0.25) is 0 Å². The maximum absolute atomic E-state index is 14.0. The maximum Gasteiger partial charge on any atom is 0.290 e. The summed E-state index contributed by atoms with van der Waals surface area (Å²) in [6, 6.07) is 7.28. The lowest BCUT2D eigenvalue weighted by atomic mass is 9.70. The molecule has 1 amide bonds. The lowest BCUT2D eigenvalue weighted by Gasteiger charge is -2.40. The fourth-order valence-corrected chi connectivity index (χ4v) is 6.10. The highest BCUT2D eigenvalue weighted by Crippen LogP contribution is 2.48. The van der Waals surface area contributed by atoms with Crippen LogP contribution in [0, 0.1) is 17.8 Å². The average Bonchev–Trinajstić information content (AvgIpc) is 3.16. The number of hydrogen-bond acceptors (Lipinski definition) is 6. The zero-order chi connectivity index (χ0) is 25.2. The normalized spacial score (nSPS) is 30.6. The van der Waals surface area contributed by atoms with Crippen LogP contribution in [0.5, 0.6) is 5.75 Å². The van der Waals surface area contributed by atoms with Gasteiger partial charge in [-0.3, -0.25) is 14.5 Å². The molecule has 194 valence electrons. The molecule has 1 saturated carbocycles. The number of carbonyl (C=O) groups is 2. The van der Waals surface area contributed by atoms with Crippen molar-refractivity contribution < 1.29 is 23.8 Å². The van der Waals surface area contributed by atoms with Crippen molar-refractivity contribution in [2.24, 2.45) is 17.8 Å². The first-order valence-electron chi connectivity index (χ1n) is 13.4. The molecular formula is C29H38N2O5. The second-order valence-electron chi connectivity index (χ2n) is 10.7. The summed E-state index contributed by atoms with van der Waals surface area (Å²) in [5, 5.41) is 0. The molecule has 0 aromatic heterocycles. The van der Waals surface area contributed by atoms with Gasteiger partial charge in [0.05, 0.1) is 30.7 Å². The van der Waals surface area contributed by atoms with E-state index in [-0.39, 0.29) is 29.5 Å². The number of morpholine rings is 1. The van der Waals surface area contributed by atoms with Gasteiger partial charge in [0.25, 0.3) is 5.91 Å². The Hall–Kier alpha value is -2.64. The van der Waals surface area contributed by atoms with Crippen LogP contribution in [0.1, 0.15) is 44.7 Å². The molecule has 1 aliphatic carbocycles. The molecule has 7 heteroatoms. The van der Waals surface area contributed by atoms with Gasteiger partial charge >= 0.3 is 0 Å². The standard InChI is InChI=1S/C29H38N2O5/c1-4-13-35-22-8-5-7-21(18-22)26-25-27(32)23-16-19(2)20(3)17-24(23)36-28(25)29(33)31(26)10-6-9-30-11-14-34-15-12-30/h4-5,7-8,18-20,23-24,26H,1,6,9-17H2,2-3H3. The van der Waals surface area contributed by atoms with Crippen LogP contribution >= 0.6 is 0 Å². The summed E-state index contributed by atoms with van der Waals surface area (Å²) in [6.07, 6.45) is 3.94. The van der Waals surface area contributed by atoms with Gasteiger partial charge in [-0.05, 0) is 48.8 Å². The molecule has 7 nitrogen and oxygen atoms in total. The number of hydrogen-bond donors (Lipinski definition) is 0. The molecule has 4 aliphatic rings. The Bertz CT molecular complexity index is 1030. The molecule has 0 spiro atoms. The van der Waals surface area contributed by atoms with E-state index in [9.17, 15) is 9.59 Å². The van der Waals surface area contributed by atoms with Crippen molar-refractivity contribution in [1.82, 2.24) is 9.80 Å². The monoisotopic (exact) mass is 494 g/mol. The SMILES string of the molecule is C=CCOc1cccc(C2C3=C(OC4CC(C)C(C)CC4C3=O)C(=O)N2CCCN2CCOCC2)c1. The van der Waals surface area contributed by atoms with Crippen LogP contribution in [0.4, 0.5) is 0 Å². The quantitative estimate of drug-likeness (QED) is 0.513. The molecule has 0 radical (unpaired) electrons. The van der Waals surface area contributed by atoms with Crippen LogP contribution < -0.4 is 4.74 Å². The molecule has 0 N–H and O–H groups in total. The third-order valence-electron chi connectivity index (χ3n) is 8.33. The van der Waals surface area contributed by atoms with Crippen molar-refractivity contribution in [3.8, 4) is 5.75 Å². The third-order valence-corrected chi connectivity index (χ3v) is 8.33. The average molecular weight is 495 g/mol. The van der Waals surface area contributed by atoms with Gasteiger partial charge in [-0.1, -0.05) is 38.6 Å². The van der Waals surface area contributed by atoms with E-state index in [0.29, 0.717) is 36.3 Å². The van der Waals surface area contributed by atoms with Crippen LogP contribution in [-0.4, -0.2) is 73.6 Å². The zero-order valence-electron chi connectivity index (χ0n) is 21.5. The van der Waals surface area contributed by atoms with Crippen LogP contribution in [0.2, 0.25) is 0 Å². The topological polar surface area (TPSA) is 68.3 Å². The summed E-state index contributed by atoms with van der Waals surface area (Å²) in [5.74, 6) is 1.65. The second-order valence-corrected chi connectivity index (χ2v) is 10.7. The van der Waals surface area contributed by atoms with Gasteiger partial charge in [-0.2, -0.15) is 0 Å². The number of ketones is 1. The number of benzene rings is 1. The minimum absolute atomic E-state index is 0.0893. The van der Waals surface area contributed by atoms with E-state index in [1.165, 1.54) is 0 Å². The molecular weight excluding hydrogens is 456 g/mol. The molecule has 5 atom stereocenters. The van der Waals surface area contributed by atoms with Gasteiger partial charge < -0.3 is 19.1 Å². The highest BCUT2D eigenvalue weighted by Gasteiger charge is 2.53. The van der Waals surface area contributed by atoms with Crippen molar-refractivity contribution in [3.05, 3.63) is 53.8 Å². The molecule has 3 heterocycles. The number of rotatable bonds is 8. The molecule has 2 fully saturated rings. The predicted octanol–water partition coefficient (Wildman–Crippen LogP) is 3.76. The van der Waals surface area contributed by atoms with E-state index in [1.54, 1.807) is 6.08 Å². The Morgan fingerprint density at radius 1 is 1.11 bits per heavy atom. The molecule has 36 heavy (non-hydrogen) atoms. The van der Waals surface area contributed by atoms with Crippen LogP contribution in [0.25, 0.3) is 0 Å². The van der Waals surface area contributed by atoms with Gasteiger partial charge in [0.15, 0.2) is 11.5 Å². The van der Waals surface area contributed by atoms with Crippen LogP contribution in [0.3, 0.4) is 0 Å². The zero-order valence-corrected chi connectivity index (χ0v) is 21.5. The summed E-state index contributed by atoms with van der Waals surface area (Å²) in [4.78, 5) is 31.9. The molecule has 5 rings (SSSR count). The van der Waals surface area contributed by atoms with Crippen molar-refractivity contribution in [2.75, 3.05) is 46.0 Å². The first kappa shape index (κ1) is 25.0. The number of nitrogens with zero attached hydrogens (tertiary/aromatic N) is 2.